The molecule has 0 aromatic heterocycles. The van der Waals surface area contributed by atoms with Crippen LogP contribution in [0.15, 0.2) is 24.3 Å². The molecule has 1 fully saturated rings. The Hall–Kier alpha value is -1.48. The standard InChI is InChI=1S/C15H21NO2/c1-17-14-7-5-8-15(18-2)13(14)6-3-4-11-16-12-9-10-12/h3,5-8,12,16H,4,9-11H2,1-2H3/b6-3+. The van der Waals surface area contributed by atoms with Crippen molar-refractivity contribution in [2.45, 2.75) is 25.3 Å². The van der Waals surface area contributed by atoms with Gasteiger partial charge >= 0.3 is 0 Å². The molecule has 18 heavy (non-hydrogen) atoms. The molecule has 0 spiro atoms. The predicted octanol–water partition coefficient (Wildman–Crippen LogP) is 2.86. The molecule has 2 rings (SSSR count). The van der Waals surface area contributed by atoms with Crippen LogP contribution < -0.4 is 14.8 Å². The Kier molecular flexibility index (Phi) is 4.65. The summed E-state index contributed by atoms with van der Waals surface area (Å²) in [6.45, 7) is 1.04. The van der Waals surface area contributed by atoms with Crippen LogP contribution in [0.1, 0.15) is 24.8 Å². The molecule has 0 atom stereocenters. The van der Waals surface area contributed by atoms with E-state index in [1.807, 2.05) is 18.2 Å². The van der Waals surface area contributed by atoms with E-state index in [-0.39, 0.29) is 0 Å². The van der Waals surface area contributed by atoms with Gasteiger partial charge in [-0.25, -0.2) is 0 Å². The largest absolute Gasteiger partial charge is 0.496 e. The summed E-state index contributed by atoms with van der Waals surface area (Å²) in [5.74, 6) is 1.70. The summed E-state index contributed by atoms with van der Waals surface area (Å²) < 4.78 is 10.7. The number of nitrogens with one attached hydrogen (secondary N) is 1. The second-order valence-electron chi connectivity index (χ2n) is 4.50. The zero-order valence-electron chi connectivity index (χ0n) is 11.1. The van der Waals surface area contributed by atoms with Crippen LogP contribution in [0.5, 0.6) is 11.5 Å². The number of rotatable bonds is 7. The van der Waals surface area contributed by atoms with E-state index in [1.54, 1.807) is 14.2 Å². The predicted molar refractivity (Wildman–Crippen MR) is 74.2 cm³/mol. The van der Waals surface area contributed by atoms with Crippen LogP contribution in [0.25, 0.3) is 6.08 Å². The average molecular weight is 247 g/mol. The SMILES string of the molecule is COc1cccc(OC)c1/C=C/CCNC1CC1. The molecule has 0 bridgehead atoms. The van der Waals surface area contributed by atoms with Crippen molar-refractivity contribution in [3.05, 3.63) is 29.8 Å². The fraction of sp³-hybridized carbons (Fsp3) is 0.467. The number of hydrogen-bond acceptors (Lipinski definition) is 3. The first-order valence-electron chi connectivity index (χ1n) is 6.46. The molecule has 3 nitrogen and oxygen atoms in total. The number of hydrogen-bond donors (Lipinski definition) is 1. The molecule has 1 aliphatic carbocycles. The molecule has 0 aliphatic heterocycles. The lowest BCUT2D eigenvalue weighted by Gasteiger charge is -2.09. The van der Waals surface area contributed by atoms with E-state index in [0.29, 0.717) is 0 Å². The Balaban J connectivity index is 1.94. The first kappa shape index (κ1) is 13.0. The van der Waals surface area contributed by atoms with Crippen molar-refractivity contribution in [2.24, 2.45) is 0 Å². The molecule has 0 saturated heterocycles. The molecule has 0 heterocycles. The van der Waals surface area contributed by atoms with Crippen molar-refractivity contribution >= 4 is 6.08 Å². The fourth-order valence-corrected chi connectivity index (χ4v) is 1.90. The van der Waals surface area contributed by atoms with E-state index in [1.165, 1.54) is 12.8 Å². The molecule has 1 N–H and O–H groups in total. The highest BCUT2D eigenvalue weighted by molar-refractivity contribution is 5.64. The molecule has 0 unspecified atom stereocenters. The van der Waals surface area contributed by atoms with Crippen molar-refractivity contribution in [3.8, 4) is 11.5 Å². The van der Waals surface area contributed by atoms with Crippen LogP contribution in [-0.4, -0.2) is 26.8 Å². The second-order valence-corrected chi connectivity index (χ2v) is 4.50. The molecule has 1 aromatic rings. The number of benzene rings is 1. The van der Waals surface area contributed by atoms with Crippen LogP contribution in [-0.2, 0) is 0 Å². The zero-order chi connectivity index (χ0) is 12.8. The molecule has 0 amide bonds. The minimum atomic E-state index is 0.777. The maximum Gasteiger partial charge on any atom is 0.129 e. The summed E-state index contributed by atoms with van der Waals surface area (Å²) in [5.41, 5.74) is 1.01. The molecule has 98 valence electrons. The van der Waals surface area contributed by atoms with Gasteiger partial charge in [0.2, 0.25) is 0 Å². The average Bonchev–Trinajstić information content (AvgIpc) is 3.22. The lowest BCUT2D eigenvalue weighted by atomic mass is 10.1. The van der Waals surface area contributed by atoms with Crippen molar-refractivity contribution in [3.63, 3.8) is 0 Å². The second kappa shape index (κ2) is 6.45. The van der Waals surface area contributed by atoms with Crippen LogP contribution in [0, 0.1) is 0 Å². The molecule has 1 aliphatic rings. The minimum absolute atomic E-state index is 0.777. The highest BCUT2D eigenvalue weighted by atomic mass is 16.5. The molecular weight excluding hydrogens is 226 g/mol. The summed E-state index contributed by atoms with van der Waals surface area (Å²) in [4.78, 5) is 0. The van der Waals surface area contributed by atoms with Crippen LogP contribution in [0.4, 0.5) is 0 Å². The van der Waals surface area contributed by atoms with E-state index in [4.69, 9.17) is 9.47 Å². The van der Waals surface area contributed by atoms with Crippen LogP contribution in [0.3, 0.4) is 0 Å². The first-order valence-corrected chi connectivity index (χ1v) is 6.46. The zero-order valence-corrected chi connectivity index (χ0v) is 11.1. The van der Waals surface area contributed by atoms with Gasteiger partial charge in [0, 0.05) is 6.04 Å². The van der Waals surface area contributed by atoms with Crippen molar-refractivity contribution < 1.29 is 9.47 Å². The van der Waals surface area contributed by atoms with Gasteiger partial charge in [-0.05, 0) is 37.9 Å². The highest BCUT2D eigenvalue weighted by Gasteiger charge is 2.19. The molecular formula is C15H21NO2. The van der Waals surface area contributed by atoms with Gasteiger partial charge in [-0.3, -0.25) is 0 Å². The maximum absolute atomic E-state index is 5.35. The Morgan fingerprint density at radius 2 is 1.89 bits per heavy atom. The summed E-state index contributed by atoms with van der Waals surface area (Å²) in [6.07, 6.45) is 7.94. The summed E-state index contributed by atoms with van der Waals surface area (Å²) in [6, 6.07) is 6.61. The van der Waals surface area contributed by atoms with Gasteiger partial charge in [-0.2, -0.15) is 0 Å². The highest BCUT2D eigenvalue weighted by Crippen LogP contribution is 2.29. The molecule has 1 aromatic carbocycles. The Morgan fingerprint density at radius 1 is 1.22 bits per heavy atom. The first-order chi connectivity index (χ1) is 8.85. The topological polar surface area (TPSA) is 30.5 Å². The van der Waals surface area contributed by atoms with E-state index in [9.17, 15) is 0 Å². The summed E-state index contributed by atoms with van der Waals surface area (Å²) >= 11 is 0. The minimum Gasteiger partial charge on any atom is -0.496 e. The Morgan fingerprint density at radius 3 is 2.44 bits per heavy atom. The Labute approximate surface area is 109 Å². The van der Waals surface area contributed by atoms with Crippen molar-refractivity contribution in [2.75, 3.05) is 20.8 Å². The maximum atomic E-state index is 5.35. The lowest BCUT2D eigenvalue weighted by molar-refractivity contribution is 0.392. The van der Waals surface area contributed by atoms with Crippen molar-refractivity contribution in [1.82, 2.24) is 5.32 Å². The normalized spacial score (nSPS) is 15.0. The number of methoxy groups -OCH3 is 2. The van der Waals surface area contributed by atoms with Gasteiger partial charge in [0.1, 0.15) is 11.5 Å². The fourth-order valence-electron chi connectivity index (χ4n) is 1.90. The van der Waals surface area contributed by atoms with Crippen LogP contribution >= 0.6 is 0 Å². The van der Waals surface area contributed by atoms with Gasteiger partial charge < -0.3 is 14.8 Å². The quantitative estimate of drug-likeness (QED) is 0.752. The summed E-state index contributed by atoms with van der Waals surface area (Å²) in [5, 5.41) is 3.49. The third-order valence-electron chi connectivity index (χ3n) is 3.07. The third kappa shape index (κ3) is 3.50. The van der Waals surface area contributed by atoms with Gasteiger partial charge in [0.25, 0.3) is 0 Å². The van der Waals surface area contributed by atoms with Gasteiger partial charge in [-0.1, -0.05) is 18.2 Å². The van der Waals surface area contributed by atoms with E-state index in [2.05, 4.69) is 17.5 Å². The van der Waals surface area contributed by atoms with E-state index in [0.717, 1.165) is 36.1 Å². The van der Waals surface area contributed by atoms with Gasteiger partial charge in [0.15, 0.2) is 0 Å². The molecule has 1 saturated carbocycles. The van der Waals surface area contributed by atoms with Gasteiger partial charge in [0.05, 0.1) is 19.8 Å². The number of ether oxygens (including phenoxy) is 2. The van der Waals surface area contributed by atoms with Gasteiger partial charge in [-0.15, -0.1) is 0 Å². The third-order valence-corrected chi connectivity index (χ3v) is 3.07. The summed E-state index contributed by atoms with van der Waals surface area (Å²) in [7, 11) is 3.36. The van der Waals surface area contributed by atoms with Crippen LogP contribution in [0.2, 0.25) is 0 Å². The lowest BCUT2D eigenvalue weighted by Crippen LogP contribution is -2.16. The smallest absolute Gasteiger partial charge is 0.129 e. The van der Waals surface area contributed by atoms with E-state index >= 15 is 0 Å². The van der Waals surface area contributed by atoms with E-state index < -0.39 is 0 Å². The molecule has 0 radical (unpaired) electrons. The monoisotopic (exact) mass is 247 g/mol. The Bertz CT molecular complexity index is 389. The molecule has 3 heteroatoms. The van der Waals surface area contributed by atoms with Crippen molar-refractivity contribution in [1.29, 1.82) is 0 Å².